The third-order valence-corrected chi connectivity index (χ3v) is 8.30. The van der Waals surface area contributed by atoms with Crippen molar-refractivity contribution >= 4 is 45.5 Å². The van der Waals surface area contributed by atoms with Gasteiger partial charge in [-0.05, 0) is 85.9 Å². The number of carbonyl (C=O) groups is 1. The number of aryl methyl sites for hydroxylation is 1. The smallest absolute Gasteiger partial charge is 0.220 e. The van der Waals surface area contributed by atoms with E-state index in [2.05, 4.69) is 127 Å². The number of nitrogens with zero attached hydrogens (tertiary/aromatic N) is 1. The van der Waals surface area contributed by atoms with Gasteiger partial charge in [0.2, 0.25) is 11.6 Å². The van der Waals surface area contributed by atoms with Gasteiger partial charge in [0, 0.05) is 55.0 Å². The predicted molar refractivity (Wildman–Crippen MR) is 177 cm³/mol. The SMILES string of the molecule is Cc1ccc(/C=C/C2=[N+](CCCCCC(=O)NCCN)c3ccc(Nc4ccccc4)cc3C2(C)C)c2ccccc12. The Morgan fingerprint density at radius 3 is 2.40 bits per heavy atom. The Balaban J connectivity index is 1.43. The summed E-state index contributed by atoms with van der Waals surface area (Å²) in [5.41, 5.74) is 13.9. The summed E-state index contributed by atoms with van der Waals surface area (Å²) in [4.78, 5) is 12.0. The van der Waals surface area contributed by atoms with Gasteiger partial charge in [0.05, 0.1) is 5.41 Å². The van der Waals surface area contributed by atoms with Crippen LogP contribution in [0.5, 0.6) is 0 Å². The van der Waals surface area contributed by atoms with Gasteiger partial charge in [-0.15, -0.1) is 0 Å². The van der Waals surface area contributed by atoms with Crippen molar-refractivity contribution < 1.29 is 9.37 Å². The molecular formula is C37H43N4O+. The van der Waals surface area contributed by atoms with Crippen LogP contribution >= 0.6 is 0 Å². The highest BCUT2D eigenvalue weighted by molar-refractivity contribution is 6.07. The molecule has 216 valence electrons. The molecule has 1 aliphatic rings. The Morgan fingerprint density at radius 1 is 0.857 bits per heavy atom. The van der Waals surface area contributed by atoms with Gasteiger partial charge in [0.15, 0.2) is 5.71 Å². The quantitative estimate of drug-likeness (QED) is 0.124. The van der Waals surface area contributed by atoms with Crippen molar-refractivity contribution in [2.45, 2.75) is 51.9 Å². The van der Waals surface area contributed by atoms with Crippen LogP contribution in [-0.4, -0.2) is 35.8 Å². The second kappa shape index (κ2) is 13.2. The van der Waals surface area contributed by atoms with Crippen LogP contribution in [0, 0.1) is 6.92 Å². The summed E-state index contributed by atoms with van der Waals surface area (Å²) in [6.07, 6.45) is 8.03. The molecule has 0 aliphatic carbocycles. The van der Waals surface area contributed by atoms with Crippen LogP contribution in [0.2, 0.25) is 0 Å². The summed E-state index contributed by atoms with van der Waals surface area (Å²) >= 11 is 0. The van der Waals surface area contributed by atoms with Crippen molar-refractivity contribution in [2.24, 2.45) is 5.73 Å². The number of rotatable bonds is 12. The Kier molecular flexibility index (Phi) is 9.19. The molecule has 5 rings (SSSR count). The van der Waals surface area contributed by atoms with E-state index in [9.17, 15) is 4.79 Å². The molecule has 1 amide bonds. The molecule has 0 unspecified atom stereocenters. The maximum absolute atomic E-state index is 12.0. The molecule has 0 bridgehead atoms. The van der Waals surface area contributed by atoms with E-state index >= 15 is 0 Å². The standard InChI is InChI=1S/C37H42N4O/c1-27-17-18-28(32-15-10-9-14-31(27)32)19-22-35-37(2,3)33-26-30(40-29-12-6-4-7-13-29)20-21-34(33)41(35)25-11-5-8-16-36(42)39-24-23-38/h4,6-7,9-10,12-15,17-22,26,40H,5,8,11,16,23-25,38H2,1-3H3/p+1/b22-19+. The fourth-order valence-corrected chi connectivity index (χ4v) is 6.00. The summed E-state index contributed by atoms with van der Waals surface area (Å²) in [7, 11) is 0. The topological polar surface area (TPSA) is 70.2 Å². The number of fused-ring (bicyclic) bond motifs is 2. The Labute approximate surface area is 250 Å². The van der Waals surface area contributed by atoms with Crippen LogP contribution in [0.1, 0.15) is 56.2 Å². The zero-order valence-electron chi connectivity index (χ0n) is 25.1. The fourth-order valence-electron chi connectivity index (χ4n) is 6.00. The molecule has 5 nitrogen and oxygen atoms in total. The number of unbranched alkanes of at least 4 members (excludes halogenated alkanes) is 2. The molecule has 5 heteroatoms. The number of hydrogen-bond acceptors (Lipinski definition) is 3. The lowest BCUT2D eigenvalue weighted by Crippen LogP contribution is -2.28. The zero-order valence-corrected chi connectivity index (χ0v) is 25.1. The van der Waals surface area contributed by atoms with Gasteiger partial charge in [-0.3, -0.25) is 4.79 Å². The third-order valence-electron chi connectivity index (χ3n) is 8.30. The lowest BCUT2D eigenvalue weighted by atomic mass is 9.81. The maximum atomic E-state index is 12.0. The van der Waals surface area contributed by atoms with Crippen LogP contribution in [0.4, 0.5) is 17.1 Å². The minimum atomic E-state index is -0.178. The van der Waals surface area contributed by atoms with E-state index in [1.165, 1.54) is 38.9 Å². The number of allylic oxidation sites excluding steroid dienone is 1. The average Bonchev–Trinajstić information content (AvgIpc) is 3.21. The monoisotopic (exact) mass is 559 g/mol. The number of hydrogen-bond donors (Lipinski definition) is 3. The first kappa shape index (κ1) is 29.3. The Morgan fingerprint density at radius 2 is 1.62 bits per heavy atom. The first-order valence-electron chi connectivity index (χ1n) is 15.1. The molecule has 42 heavy (non-hydrogen) atoms. The van der Waals surface area contributed by atoms with Crippen molar-refractivity contribution in [3.05, 3.63) is 108 Å². The molecule has 4 aromatic rings. The highest BCUT2D eigenvalue weighted by Gasteiger charge is 2.44. The van der Waals surface area contributed by atoms with E-state index in [0.29, 0.717) is 19.5 Å². The highest BCUT2D eigenvalue weighted by atomic mass is 16.1. The van der Waals surface area contributed by atoms with E-state index in [4.69, 9.17) is 5.73 Å². The van der Waals surface area contributed by atoms with Crippen molar-refractivity contribution in [1.29, 1.82) is 0 Å². The Hall–Kier alpha value is -4.22. The molecule has 1 aliphatic heterocycles. The normalized spacial score (nSPS) is 14.0. The first-order chi connectivity index (χ1) is 20.4. The largest absolute Gasteiger partial charge is 0.356 e. The lowest BCUT2D eigenvalue weighted by molar-refractivity contribution is -0.438. The molecule has 0 radical (unpaired) electrons. The van der Waals surface area contributed by atoms with Crippen LogP contribution in [-0.2, 0) is 10.2 Å². The first-order valence-corrected chi connectivity index (χ1v) is 15.1. The second-order valence-corrected chi connectivity index (χ2v) is 11.7. The summed E-state index contributed by atoms with van der Waals surface area (Å²) in [5, 5.41) is 9.02. The van der Waals surface area contributed by atoms with Crippen LogP contribution in [0.25, 0.3) is 16.8 Å². The molecule has 4 N–H and O–H groups in total. The van der Waals surface area contributed by atoms with Gasteiger partial charge in [-0.1, -0.05) is 54.6 Å². The molecule has 4 aromatic carbocycles. The van der Waals surface area contributed by atoms with Crippen LogP contribution < -0.4 is 16.4 Å². The number of para-hydroxylation sites is 1. The maximum Gasteiger partial charge on any atom is 0.220 e. The van der Waals surface area contributed by atoms with Gasteiger partial charge >= 0.3 is 0 Å². The van der Waals surface area contributed by atoms with Crippen molar-refractivity contribution in [2.75, 3.05) is 25.0 Å². The molecule has 0 saturated heterocycles. The molecule has 0 saturated carbocycles. The molecule has 0 atom stereocenters. The molecular weight excluding hydrogens is 516 g/mol. The van der Waals surface area contributed by atoms with Crippen molar-refractivity contribution in [3.8, 4) is 0 Å². The van der Waals surface area contributed by atoms with Crippen molar-refractivity contribution in [1.82, 2.24) is 5.32 Å². The van der Waals surface area contributed by atoms with Gasteiger partial charge < -0.3 is 16.4 Å². The van der Waals surface area contributed by atoms with Gasteiger partial charge in [-0.2, -0.15) is 4.58 Å². The van der Waals surface area contributed by atoms with Gasteiger partial charge in [0.25, 0.3) is 0 Å². The summed E-state index contributed by atoms with van der Waals surface area (Å²) < 4.78 is 2.49. The molecule has 0 spiro atoms. The summed E-state index contributed by atoms with van der Waals surface area (Å²) in [6, 6.07) is 30.1. The molecule has 0 fully saturated rings. The Bertz CT molecular complexity index is 1620. The number of nitrogens with one attached hydrogen (secondary N) is 2. The van der Waals surface area contributed by atoms with E-state index in [-0.39, 0.29) is 11.3 Å². The van der Waals surface area contributed by atoms with E-state index in [1.807, 2.05) is 6.07 Å². The van der Waals surface area contributed by atoms with Crippen LogP contribution in [0.3, 0.4) is 0 Å². The number of carbonyl (C=O) groups excluding carboxylic acids is 1. The second-order valence-electron chi connectivity index (χ2n) is 11.7. The van der Waals surface area contributed by atoms with Gasteiger partial charge in [0.1, 0.15) is 6.54 Å². The fraction of sp³-hybridized carbons (Fsp3) is 0.297. The molecule has 1 heterocycles. The predicted octanol–water partition coefficient (Wildman–Crippen LogP) is 7.62. The minimum Gasteiger partial charge on any atom is -0.356 e. The number of anilines is 2. The number of nitrogens with two attached hydrogens (primary N) is 1. The zero-order chi connectivity index (χ0) is 29.5. The minimum absolute atomic E-state index is 0.0899. The lowest BCUT2D eigenvalue weighted by Gasteiger charge is -2.17. The van der Waals surface area contributed by atoms with E-state index in [0.717, 1.165) is 37.2 Å². The highest BCUT2D eigenvalue weighted by Crippen LogP contribution is 2.42. The van der Waals surface area contributed by atoms with Crippen molar-refractivity contribution in [3.63, 3.8) is 0 Å². The molecule has 0 aromatic heterocycles. The average molecular weight is 560 g/mol. The number of amides is 1. The number of benzene rings is 4. The van der Waals surface area contributed by atoms with Gasteiger partial charge in [-0.25, -0.2) is 0 Å². The summed E-state index contributed by atoms with van der Waals surface area (Å²) in [5.74, 6) is 0.0899. The summed E-state index contributed by atoms with van der Waals surface area (Å²) in [6.45, 7) is 8.75. The van der Waals surface area contributed by atoms with E-state index in [1.54, 1.807) is 0 Å². The van der Waals surface area contributed by atoms with E-state index < -0.39 is 0 Å². The third kappa shape index (κ3) is 6.47. The van der Waals surface area contributed by atoms with Crippen LogP contribution in [0.15, 0.2) is 91.0 Å².